The first kappa shape index (κ1) is 15.4. The van der Waals surface area contributed by atoms with Gasteiger partial charge in [-0.2, -0.15) is 4.68 Å². The molecule has 0 spiro atoms. The van der Waals surface area contributed by atoms with Crippen molar-refractivity contribution < 1.29 is 9.18 Å². The lowest BCUT2D eigenvalue weighted by Gasteiger charge is -2.11. The molecule has 0 radical (unpaired) electrons. The Morgan fingerprint density at radius 1 is 1.24 bits per heavy atom. The molecule has 1 heterocycles. The van der Waals surface area contributed by atoms with Crippen LogP contribution in [0.5, 0.6) is 0 Å². The van der Waals surface area contributed by atoms with Crippen molar-refractivity contribution in [3.8, 4) is 16.8 Å². The second-order valence-electron chi connectivity index (χ2n) is 6.13. The second kappa shape index (κ2) is 6.08. The molecule has 6 nitrogen and oxygen atoms in total. The van der Waals surface area contributed by atoms with Gasteiger partial charge >= 0.3 is 0 Å². The minimum atomic E-state index is -0.346. The molecule has 126 valence electrons. The first-order valence-corrected chi connectivity index (χ1v) is 8.08. The van der Waals surface area contributed by atoms with E-state index in [9.17, 15) is 9.18 Å². The van der Waals surface area contributed by atoms with Crippen molar-refractivity contribution in [3.63, 3.8) is 0 Å². The Kier molecular flexibility index (Phi) is 3.76. The van der Waals surface area contributed by atoms with Gasteiger partial charge < -0.3 is 5.32 Å². The van der Waals surface area contributed by atoms with Crippen LogP contribution in [0.4, 0.5) is 4.39 Å². The molecule has 2 aromatic carbocycles. The first-order valence-electron chi connectivity index (χ1n) is 8.08. The van der Waals surface area contributed by atoms with E-state index in [0.29, 0.717) is 28.2 Å². The maximum atomic E-state index is 14.2. The highest BCUT2D eigenvalue weighted by Gasteiger charge is 2.24. The zero-order chi connectivity index (χ0) is 17.4. The quantitative estimate of drug-likeness (QED) is 0.794. The van der Waals surface area contributed by atoms with E-state index >= 15 is 0 Å². The molecule has 3 aromatic rings. The standard InChI is InChI=1S/C18H16FN5O/c1-11-21-22-23-24(11)15-9-12(16-4-2-3-5-17(16)19)8-13(10-15)18(25)20-14-6-7-14/h2-5,8-10,14H,6-7H2,1H3,(H,20,25). The molecular weight excluding hydrogens is 321 g/mol. The maximum Gasteiger partial charge on any atom is 0.251 e. The van der Waals surface area contributed by atoms with Gasteiger partial charge in [0.2, 0.25) is 0 Å². The highest BCUT2D eigenvalue weighted by molar-refractivity contribution is 5.96. The van der Waals surface area contributed by atoms with E-state index in [1.807, 2.05) is 0 Å². The Bertz CT molecular complexity index is 948. The van der Waals surface area contributed by atoms with Gasteiger partial charge in [-0.15, -0.1) is 5.10 Å². The number of tetrazole rings is 1. The molecule has 25 heavy (non-hydrogen) atoms. The van der Waals surface area contributed by atoms with Crippen LogP contribution < -0.4 is 5.32 Å². The average molecular weight is 337 g/mol. The summed E-state index contributed by atoms with van der Waals surface area (Å²) >= 11 is 0. The van der Waals surface area contributed by atoms with Gasteiger partial charge in [0.1, 0.15) is 5.82 Å². The fourth-order valence-corrected chi connectivity index (χ4v) is 2.68. The minimum absolute atomic E-state index is 0.173. The Morgan fingerprint density at radius 2 is 2.04 bits per heavy atom. The molecule has 0 aliphatic heterocycles. The molecule has 1 aromatic heterocycles. The lowest BCUT2D eigenvalue weighted by molar-refractivity contribution is 0.0951. The first-order chi connectivity index (χ1) is 12.1. The van der Waals surface area contributed by atoms with Crippen LogP contribution >= 0.6 is 0 Å². The van der Waals surface area contributed by atoms with Crippen LogP contribution in [0.15, 0.2) is 42.5 Å². The van der Waals surface area contributed by atoms with Gasteiger partial charge in [0.25, 0.3) is 5.91 Å². The third-order valence-corrected chi connectivity index (χ3v) is 4.15. The fraction of sp³-hybridized carbons (Fsp3) is 0.222. The zero-order valence-corrected chi connectivity index (χ0v) is 13.6. The Labute approximate surface area is 143 Å². The molecule has 1 N–H and O–H groups in total. The van der Waals surface area contributed by atoms with Crippen molar-refractivity contribution in [3.05, 3.63) is 59.7 Å². The SMILES string of the molecule is Cc1nnnn1-c1cc(C(=O)NC2CC2)cc(-c2ccccc2F)c1. The Balaban J connectivity index is 1.84. The Morgan fingerprint density at radius 3 is 2.72 bits per heavy atom. The molecule has 0 saturated heterocycles. The van der Waals surface area contributed by atoms with Gasteiger partial charge in [-0.1, -0.05) is 18.2 Å². The summed E-state index contributed by atoms with van der Waals surface area (Å²) in [4.78, 5) is 12.5. The number of nitrogens with one attached hydrogen (secondary N) is 1. The van der Waals surface area contributed by atoms with Crippen LogP contribution in [-0.4, -0.2) is 32.2 Å². The number of amides is 1. The summed E-state index contributed by atoms with van der Waals surface area (Å²) < 4.78 is 15.8. The number of halogens is 1. The summed E-state index contributed by atoms with van der Waals surface area (Å²) in [6.45, 7) is 1.76. The molecule has 0 bridgehead atoms. The lowest BCUT2D eigenvalue weighted by Crippen LogP contribution is -2.25. The molecule has 1 fully saturated rings. The minimum Gasteiger partial charge on any atom is -0.349 e. The van der Waals surface area contributed by atoms with Crippen molar-refractivity contribution >= 4 is 5.91 Å². The van der Waals surface area contributed by atoms with Crippen LogP contribution in [0, 0.1) is 12.7 Å². The molecule has 0 unspecified atom stereocenters. The fourth-order valence-electron chi connectivity index (χ4n) is 2.68. The van der Waals surface area contributed by atoms with Gasteiger partial charge in [-0.3, -0.25) is 4.79 Å². The zero-order valence-electron chi connectivity index (χ0n) is 13.6. The number of benzene rings is 2. The van der Waals surface area contributed by atoms with Gasteiger partial charge in [0.05, 0.1) is 5.69 Å². The highest BCUT2D eigenvalue weighted by Crippen LogP contribution is 2.27. The largest absolute Gasteiger partial charge is 0.349 e. The van der Waals surface area contributed by atoms with Crippen LogP contribution in [-0.2, 0) is 0 Å². The number of aryl methyl sites for hydroxylation is 1. The Hall–Kier alpha value is -3.09. The summed E-state index contributed by atoms with van der Waals surface area (Å²) in [5, 5.41) is 14.4. The van der Waals surface area contributed by atoms with E-state index in [2.05, 4.69) is 20.8 Å². The predicted molar refractivity (Wildman–Crippen MR) is 89.8 cm³/mol. The topological polar surface area (TPSA) is 72.7 Å². The van der Waals surface area contributed by atoms with Gasteiger partial charge in [-0.05, 0) is 60.0 Å². The lowest BCUT2D eigenvalue weighted by atomic mass is 10.0. The van der Waals surface area contributed by atoms with Crippen molar-refractivity contribution in [2.24, 2.45) is 0 Å². The van der Waals surface area contributed by atoms with Gasteiger partial charge in [0.15, 0.2) is 5.82 Å². The maximum absolute atomic E-state index is 14.2. The van der Waals surface area contributed by atoms with Crippen LogP contribution in [0.2, 0.25) is 0 Å². The van der Waals surface area contributed by atoms with E-state index in [1.165, 1.54) is 10.7 Å². The average Bonchev–Trinajstić information content (AvgIpc) is 3.32. The molecule has 4 rings (SSSR count). The molecule has 1 saturated carbocycles. The van der Waals surface area contributed by atoms with Crippen LogP contribution in [0.25, 0.3) is 16.8 Å². The van der Waals surface area contributed by atoms with Crippen LogP contribution in [0.1, 0.15) is 29.0 Å². The number of hydrogen-bond acceptors (Lipinski definition) is 4. The van der Waals surface area contributed by atoms with E-state index in [0.717, 1.165) is 12.8 Å². The number of rotatable bonds is 4. The number of carbonyl (C=O) groups excluding carboxylic acids is 1. The van der Waals surface area contributed by atoms with Gasteiger partial charge in [-0.25, -0.2) is 4.39 Å². The molecule has 1 aliphatic carbocycles. The van der Waals surface area contributed by atoms with E-state index in [4.69, 9.17) is 0 Å². The smallest absolute Gasteiger partial charge is 0.251 e. The van der Waals surface area contributed by atoms with Gasteiger partial charge in [0, 0.05) is 17.2 Å². The van der Waals surface area contributed by atoms with Crippen molar-refractivity contribution in [1.29, 1.82) is 0 Å². The monoisotopic (exact) mass is 337 g/mol. The third-order valence-electron chi connectivity index (χ3n) is 4.15. The number of aromatic nitrogens is 4. The van der Waals surface area contributed by atoms with E-state index in [-0.39, 0.29) is 17.8 Å². The highest BCUT2D eigenvalue weighted by atomic mass is 19.1. The number of nitrogens with zero attached hydrogens (tertiary/aromatic N) is 4. The van der Waals surface area contributed by atoms with Crippen LogP contribution in [0.3, 0.4) is 0 Å². The third kappa shape index (κ3) is 3.13. The molecule has 0 atom stereocenters. The normalized spacial score (nSPS) is 13.7. The summed E-state index contributed by atoms with van der Waals surface area (Å²) in [6.07, 6.45) is 2.00. The summed E-state index contributed by atoms with van der Waals surface area (Å²) in [5.74, 6) is 0.0635. The van der Waals surface area contributed by atoms with E-state index in [1.54, 1.807) is 43.3 Å². The molecule has 1 aliphatic rings. The van der Waals surface area contributed by atoms with E-state index < -0.39 is 0 Å². The van der Waals surface area contributed by atoms with Crippen molar-refractivity contribution in [2.45, 2.75) is 25.8 Å². The number of carbonyl (C=O) groups is 1. The second-order valence-corrected chi connectivity index (χ2v) is 6.13. The summed E-state index contributed by atoms with van der Waals surface area (Å²) in [6, 6.07) is 11.9. The summed E-state index contributed by atoms with van der Waals surface area (Å²) in [5.41, 5.74) is 2.10. The van der Waals surface area contributed by atoms with Crippen molar-refractivity contribution in [2.75, 3.05) is 0 Å². The summed E-state index contributed by atoms with van der Waals surface area (Å²) in [7, 11) is 0. The molecular formula is C18H16FN5O. The number of hydrogen-bond donors (Lipinski definition) is 1. The van der Waals surface area contributed by atoms with Crippen molar-refractivity contribution in [1.82, 2.24) is 25.5 Å². The predicted octanol–water partition coefficient (Wildman–Crippen LogP) is 2.67. The molecule has 7 heteroatoms. The molecule has 1 amide bonds.